The number of hydrogen-bond donors (Lipinski definition) is 0. The molecule has 1 unspecified atom stereocenters. The van der Waals surface area contributed by atoms with Gasteiger partial charge in [0.2, 0.25) is 0 Å². The van der Waals surface area contributed by atoms with Crippen LogP contribution in [0.1, 0.15) is 38.2 Å². The highest BCUT2D eigenvalue weighted by Crippen LogP contribution is 2.34. The molecular weight excluding hydrogens is 188 g/mol. The summed E-state index contributed by atoms with van der Waals surface area (Å²) in [6.07, 6.45) is 1.90. The summed E-state index contributed by atoms with van der Waals surface area (Å²) in [6.45, 7) is 4.00. The summed E-state index contributed by atoms with van der Waals surface area (Å²) in [4.78, 5) is 11.3. The van der Waals surface area contributed by atoms with Crippen molar-refractivity contribution in [2.45, 2.75) is 38.7 Å². The van der Waals surface area contributed by atoms with Crippen molar-refractivity contribution in [2.75, 3.05) is 0 Å². The van der Waals surface area contributed by atoms with Crippen LogP contribution >= 0.6 is 0 Å². The molecule has 1 fully saturated rings. The second-order valence-electron chi connectivity index (χ2n) is 4.30. The lowest BCUT2D eigenvalue weighted by molar-refractivity contribution is -0.125. The summed E-state index contributed by atoms with van der Waals surface area (Å²) in [5, 5.41) is 0. The summed E-state index contributed by atoms with van der Waals surface area (Å²) >= 11 is 0. The number of ketones is 1. The second-order valence-corrected chi connectivity index (χ2v) is 4.30. The molecule has 0 spiro atoms. The molecule has 0 N–H and O–H groups in total. The van der Waals surface area contributed by atoms with Gasteiger partial charge in [0, 0.05) is 12.3 Å². The van der Waals surface area contributed by atoms with Crippen LogP contribution in [-0.2, 0) is 4.79 Å². The third kappa shape index (κ3) is 2.20. The van der Waals surface area contributed by atoms with Crippen molar-refractivity contribution in [3.05, 3.63) is 29.8 Å². The topological polar surface area (TPSA) is 26.3 Å². The Bertz CT molecular complexity index is 369. The smallest absolute Gasteiger partial charge is 0.140 e. The van der Waals surface area contributed by atoms with E-state index in [9.17, 15) is 4.79 Å². The maximum atomic E-state index is 11.3. The van der Waals surface area contributed by atoms with Gasteiger partial charge in [0.05, 0.1) is 6.10 Å². The molecule has 0 saturated heterocycles. The van der Waals surface area contributed by atoms with Crippen molar-refractivity contribution in [3.63, 3.8) is 0 Å². The molecule has 1 atom stereocenters. The molecule has 1 aromatic carbocycles. The van der Waals surface area contributed by atoms with Crippen molar-refractivity contribution in [3.8, 4) is 5.75 Å². The van der Waals surface area contributed by atoms with Crippen LogP contribution < -0.4 is 4.74 Å². The number of benzene rings is 1. The maximum Gasteiger partial charge on any atom is 0.140 e. The van der Waals surface area contributed by atoms with E-state index in [1.807, 2.05) is 38.1 Å². The number of carbonyl (C=O) groups excluding carboxylic acids is 1. The quantitative estimate of drug-likeness (QED) is 0.756. The van der Waals surface area contributed by atoms with Crippen molar-refractivity contribution in [1.29, 1.82) is 0 Å². The largest absolute Gasteiger partial charge is 0.491 e. The minimum Gasteiger partial charge on any atom is -0.491 e. The fourth-order valence-corrected chi connectivity index (χ4v) is 1.84. The highest BCUT2D eigenvalue weighted by molar-refractivity contribution is 5.91. The van der Waals surface area contributed by atoms with Crippen LogP contribution in [0, 0.1) is 0 Å². The summed E-state index contributed by atoms with van der Waals surface area (Å²) in [6, 6.07) is 7.89. The molecule has 15 heavy (non-hydrogen) atoms. The van der Waals surface area contributed by atoms with Gasteiger partial charge in [-0.1, -0.05) is 12.1 Å². The fourth-order valence-electron chi connectivity index (χ4n) is 1.84. The highest BCUT2D eigenvalue weighted by atomic mass is 16.5. The van der Waals surface area contributed by atoms with Gasteiger partial charge in [-0.15, -0.1) is 0 Å². The second kappa shape index (κ2) is 4.05. The Morgan fingerprint density at radius 3 is 2.73 bits per heavy atom. The highest BCUT2D eigenvalue weighted by Gasteiger charge is 2.29. The maximum absolute atomic E-state index is 11.3. The van der Waals surface area contributed by atoms with Gasteiger partial charge in [-0.2, -0.15) is 0 Å². The number of rotatable bonds is 3. The van der Waals surface area contributed by atoms with E-state index < -0.39 is 0 Å². The Hall–Kier alpha value is -1.31. The molecular formula is C13H16O2. The van der Waals surface area contributed by atoms with Gasteiger partial charge in [-0.3, -0.25) is 4.79 Å². The molecule has 0 radical (unpaired) electrons. The molecule has 0 aromatic heterocycles. The van der Waals surface area contributed by atoms with Gasteiger partial charge < -0.3 is 4.74 Å². The van der Waals surface area contributed by atoms with Crippen LogP contribution in [-0.4, -0.2) is 11.9 Å². The van der Waals surface area contributed by atoms with E-state index >= 15 is 0 Å². The summed E-state index contributed by atoms with van der Waals surface area (Å²) in [5.41, 5.74) is 1.10. The Labute approximate surface area is 90.3 Å². The minimum atomic E-state index is 0.126. The van der Waals surface area contributed by atoms with E-state index in [-0.39, 0.29) is 12.0 Å². The first kappa shape index (κ1) is 10.2. The van der Waals surface area contributed by atoms with Crippen LogP contribution in [0.3, 0.4) is 0 Å². The van der Waals surface area contributed by atoms with Gasteiger partial charge in [-0.05, 0) is 38.0 Å². The van der Waals surface area contributed by atoms with Crippen molar-refractivity contribution in [1.82, 2.24) is 0 Å². The lowest BCUT2D eigenvalue weighted by Gasteiger charge is -2.24. The van der Waals surface area contributed by atoms with E-state index in [0.29, 0.717) is 5.78 Å². The van der Waals surface area contributed by atoms with E-state index in [4.69, 9.17) is 4.74 Å². The third-order valence-electron chi connectivity index (χ3n) is 2.70. The van der Waals surface area contributed by atoms with Crippen molar-refractivity contribution >= 4 is 5.78 Å². The Morgan fingerprint density at radius 2 is 2.20 bits per heavy atom. The minimum absolute atomic E-state index is 0.126. The molecule has 0 aliphatic heterocycles. The van der Waals surface area contributed by atoms with Gasteiger partial charge in [0.25, 0.3) is 0 Å². The van der Waals surface area contributed by atoms with E-state index in [1.165, 1.54) is 0 Å². The third-order valence-corrected chi connectivity index (χ3v) is 2.70. The van der Waals surface area contributed by atoms with Crippen molar-refractivity contribution in [2.24, 2.45) is 0 Å². The number of hydrogen-bond acceptors (Lipinski definition) is 2. The molecule has 1 aliphatic rings. The molecule has 0 bridgehead atoms. The van der Waals surface area contributed by atoms with Crippen LogP contribution in [0.25, 0.3) is 0 Å². The van der Waals surface area contributed by atoms with Gasteiger partial charge in [0.1, 0.15) is 11.5 Å². The zero-order chi connectivity index (χ0) is 10.8. The van der Waals surface area contributed by atoms with E-state index in [0.717, 1.165) is 24.2 Å². The zero-order valence-corrected chi connectivity index (χ0v) is 9.19. The van der Waals surface area contributed by atoms with Crippen LogP contribution in [0.5, 0.6) is 5.75 Å². The average molecular weight is 204 g/mol. The summed E-state index contributed by atoms with van der Waals surface area (Å²) in [5.74, 6) is 1.35. The molecule has 80 valence electrons. The number of carbonyl (C=O) groups is 1. The standard InChI is InChI=1S/C13H16O2/c1-9(2)15-11-5-3-4-10(8-11)12-6-7-13(12)14/h3-5,8-9,12H,6-7H2,1-2H3. The molecule has 0 amide bonds. The molecule has 1 saturated carbocycles. The Balaban J connectivity index is 2.15. The van der Waals surface area contributed by atoms with Gasteiger partial charge >= 0.3 is 0 Å². The lowest BCUT2D eigenvalue weighted by Crippen LogP contribution is -2.23. The summed E-state index contributed by atoms with van der Waals surface area (Å²) < 4.78 is 5.60. The molecule has 1 aliphatic carbocycles. The Morgan fingerprint density at radius 1 is 1.40 bits per heavy atom. The van der Waals surface area contributed by atoms with Crippen LogP contribution in [0.2, 0.25) is 0 Å². The summed E-state index contributed by atoms with van der Waals surface area (Å²) in [7, 11) is 0. The monoisotopic (exact) mass is 204 g/mol. The van der Waals surface area contributed by atoms with Gasteiger partial charge in [-0.25, -0.2) is 0 Å². The SMILES string of the molecule is CC(C)Oc1cccc(C2CCC2=O)c1. The van der Waals surface area contributed by atoms with Crippen molar-refractivity contribution < 1.29 is 9.53 Å². The zero-order valence-electron chi connectivity index (χ0n) is 9.19. The van der Waals surface area contributed by atoms with Crippen LogP contribution in [0.15, 0.2) is 24.3 Å². The predicted molar refractivity (Wildman–Crippen MR) is 59.2 cm³/mol. The first-order chi connectivity index (χ1) is 7.16. The van der Waals surface area contributed by atoms with Gasteiger partial charge in [0.15, 0.2) is 0 Å². The van der Waals surface area contributed by atoms with Crippen LogP contribution in [0.4, 0.5) is 0 Å². The first-order valence-corrected chi connectivity index (χ1v) is 5.46. The lowest BCUT2D eigenvalue weighted by atomic mass is 9.79. The average Bonchev–Trinajstić information content (AvgIpc) is 2.15. The Kier molecular flexibility index (Phi) is 2.76. The van der Waals surface area contributed by atoms with E-state index in [1.54, 1.807) is 0 Å². The first-order valence-electron chi connectivity index (χ1n) is 5.46. The molecule has 1 aromatic rings. The number of Topliss-reactive ketones (excluding diaryl/α,β-unsaturated/α-hetero) is 1. The fraction of sp³-hybridized carbons (Fsp3) is 0.462. The molecule has 2 nitrogen and oxygen atoms in total. The van der Waals surface area contributed by atoms with E-state index in [2.05, 4.69) is 0 Å². The molecule has 2 rings (SSSR count). The normalized spacial score (nSPS) is 20.2. The molecule has 0 heterocycles. The predicted octanol–water partition coefficient (Wildman–Crippen LogP) is 2.92. The molecule has 2 heteroatoms. The number of ether oxygens (including phenoxy) is 1.